The monoisotopic (exact) mass is 351 g/mol. The van der Waals surface area contributed by atoms with E-state index in [2.05, 4.69) is 0 Å². The Morgan fingerprint density at radius 3 is 2.75 bits per heavy atom. The Balaban J connectivity index is 1.80. The van der Waals surface area contributed by atoms with Crippen LogP contribution < -0.4 is 0 Å². The fourth-order valence-corrected chi connectivity index (χ4v) is 3.98. The number of esters is 1. The van der Waals surface area contributed by atoms with Crippen LogP contribution in [0, 0.1) is 5.82 Å². The zero-order chi connectivity index (χ0) is 17.1. The quantitative estimate of drug-likeness (QED) is 0.777. The Morgan fingerprint density at radius 1 is 1.29 bits per heavy atom. The van der Waals surface area contributed by atoms with Crippen LogP contribution in [0.15, 0.2) is 18.2 Å². The topological polar surface area (TPSA) is 55.8 Å². The molecule has 3 rings (SSSR count). The molecule has 0 saturated carbocycles. The lowest BCUT2D eigenvalue weighted by Gasteiger charge is -2.14. The van der Waals surface area contributed by atoms with E-state index in [0.29, 0.717) is 28.7 Å². The Morgan fingerprint density at radius 2 is 2.04 bits per heavy atom. The van der Waals surface area contributed by atoms with Crippen molar-refractivity contribution in [3.8, 4) is 0 Å². The first-order valence-corrected chi connectivity index (χ1v) is 8.57. The summed E-state index contributed by atoms with van der Waals surface area (Å²) >= 11 is 1.15. The summed E-state index contributed by atoms with van der Waals surface area (Å²) in [6.45, 7) is 1.23. The maximum atomic E-state index is 14.1. The van der Waals surface area contributed by atoms with Crippen LogP contribution in [0.5, 0.6) is 0 Å². The van der Waals surface area contributed by atoms with Crippen LogP contribution in [0.1, 0.15) is 28.1 Å². The van der Waals surface area contributed by atoms with Gasteiger partial charge in [0.25, 0.3) is 5.91 Å². The van der Waals surface area contributed by atoms with Gasteiger partial charge in [-0.1, -0.05) is 6.07 Å². The Kier molecular flexibility index (Phi) is 5.11. The third-order valence-corrected chi connectivity index (χ3v) is 5.20. The molecule has 2 aromatic rings. The SMILES string of the molecule is COCc1c(C(=O)OCC(=O)N2CCCC2)sc2cccc(F)c12. The van der Waals surface area contributed by atoms with Gasteiger partial charge in [-0.05, 0) is 25.0 Å². The van der Waals surface area contributed by atoms with E-state index in [1.807, 2.05) is 0 Å². The first kappa shape index (κ1) is 16.9. The van der Waals surface area contributed by atoms with Gasteiger partial charge < -0.3 is 14.4 Å². The second kappa shape index (κ2) is 7.27. The third kappa shape index (κ3) is 3.27. The molecule has 1 fully saturated rings. The number of amides is 1. The second-order valence-electron chi connectivity index (χ2n) is 5.62. The van der Waals surface area contributed by atoms with E-state index in [1.54, 1.807) is 17.0 Å². The fraction of sp³-hybridized carbons (Fsp3) is 0.412. The minimum atomic E-state index is -0.616. The van der Waals surface area contributed by atoms with Crippen LogP contribution in [-0.2, 0) is 20.9 Å². The molecule has 1 aliphatic rings. The van der Waals surface area contributed by atoms with E-state index in [4.69, 9.17) is 9.47 Å². The van der Waals surface area contributed by atoms with Crippen molar-refractivity contribution in [2.45, 2.75) is 19.4 Å². The zero-order valence-electron chi connectivity index (χ0n) is 13.3. The number of hydrogen-bond donors (Lipinski definition) is 0. The summed E-state index contributed by atoms with van der Waals surface area (Å²) in [6, 6.07) is 4.69. The molecule has 1 amide bonds. The number of likely N-dealkylation sites (tertiary alicyclic amines) is 1. The van der Waals surface area contributed by atoms with Crippen molar-refractivity contribution in [1.82, 2.24) is 4.90 Å². The average Bonchev–Trinajstić information content (AvgIpc) is 3.21. The number of ether oxygens (including phenoxy) is 2. The van der Waals surface area contributed by atoms with E-state index >= 15 is 0 Å². The van der Waals surface area contributed by atoms with Gasteiger partial charge in [0, 0.05) is 35.8 Å². The highest BCUT2D eigenvalue weighted by atomic mass is 32.1. The third-order valence-electron chi connectivity index (χ3n) is 4.02. The minimum absolute atomic E-state index is 0.103. The summed E-state index contributed by atoms with van der Waals surface area (Å²) in [6.07, 6.45) is 1.96. The molecule has 1 aromatic heterocycles. The molecule has 0 unspecified atom stereocenters. The van der Waals surface area contributed by atoms with Gasteiger partial charge in [0.2, 0.25) is 0 Å². The maximum absolute atomic E-state index is 14.1. The van der Waals surface area contributed by atoms with Crippen LogP contribution in [0.25, 0.3) is 10.1 Å². The van der Waals surface area contributed by atoms with Gasteiger partial charge in [-0.25, -0.2) is 9.18 Å². The lowest BCUT2D eigenvalue weighted by Crippen LogP contribution is -2.32. The van der Waals surface area contributed by atoms with Crippen LogP contribution >= 0.6 is 11.3 Å². The van der Waals surface area contributed by atoms with Gasteiger partial charge >= 0.3 is 5.97 Å². The highest BCUT2D eigenvalue weighted by molar-refractivity contribution is 7.21. The number of carbonyl (C=O) groups is 2. The molecule has 24 heavy (non-hydrogen) atoms. The van der Waals surface area contributed by atoms with Crippen molar-refractivity contribution in [3.05, 3.63) is 34.5 Å². The molecule has 0 spiro atoms. The molecule has 1 aliphatic heterocycles. The second-order valence-corrected chi connectivity index (χ2v) is 6.67. The number of fused-ring (bicyclic) bond motifs is 1. The molecule has 0 bridgehead atoms. The highest BCUT2D eigenvalue weighted by Gasteiger charge is 2.24. The number of thiophene rings is 1. The smallest absolute Gasteiger partial charge is 0.349 e. The molecule has 0 atom stereocenters. The number of halogens is 1. The van der Waals surface area contributed by atoms with Crippen molar-refractivity contribution < 1.29 is 23.5 Å². The number of methoxy groups -OCH3 is 1. The lowest BCUT2D eigenvalue weighted by atomic mass is 10.1. The predicted molar refractivity (Wildman–Crippen MR) is 88.6 cm³/mol. The van der Waals surface area contributed by atoms with E-state index < -0.39 is 11.8 Å². The standard InChI is InChI=1S/C17H18FNO4S/c1-22-9-11-15-12(18)5-4-6-13(15)24-16(11)17(21)23-10-14(20)19-7-2-3-8-19/h4-6H,2-3,7-10H2,1H3. The molecule has 0 aliphatic carbocycles. The normalized spacial score (nSPS) is 14.3. The first-order valence-electron chi connectivity index (χ1n) is 7.75. The van der Waals surface area contributed by atoms with E-state index in [9.17, 15) is 14.0 Å². The van der Waals surface area contributed by atoms with Crippen molar-refractivity contribution in [1.29, 1.82) is 0 Å². The van der Waals surface area contributed by atoms with Gasteiger partial charge in [0.05, 0.1) is 6.61 Å². The molecular weight excluding hydrogens is 333 g/mol. The first-order chi connectivity index (χ1) is 11.6. The van der Waals surface area contributed by atoms with Gasteiger partial charge in [0.15, 0.2) is 6.61 Å². The molecule has 2 heterocycles. The Hall–Kier alpha value is -1.99. The number of hydrogen-bond acceptors (Lipinski definition) is 5. The van der Waals surface area contributed by atoms with Crippen molar-refractivity contribution in [2.24, 2.45) is 0 Å². The van der Waals surface area contributed by atoms with E-state index in [-0.39, 0.29) is 24.0 Å². The van der Waals surface area contributed by atoms with Gasteiger partial charge in [-0.3, -0.25) is 4.79 Å². The predicted octanol–water partition coefficient (Wildman–Crippen LogP) is 2.97. The molecule has 128 valence electrons. The molecule has 7 heteroatoms. The molecule has 1 aromatic carbocycles. The molecule has 0 N–H and O–H groups in total. The lowest BCUT2D eigenvalue weighted by molar-refractivity contribution is -0.133. The fourth-order valence-electron chi connectivity index (χ4n) is 2.86. The van der Waals surface area contributed by atoms with Crippen LogP contribution in [0.2, 0.25) is 0 Å². The summed E-state index contributed by atoms with van der Waals surface area (Å²) in [4.78, 5) is 26.3. The van der Waals surface area contributed by atoms with Crippen molar-refractivity contribution >= 4 is 33.3 Å². The summed E-state index contributed by atoms with van der Waals surface area (Å²) in [7, 11) is 1.48. The van der Waals surface area contributed by atoms with Crippen LogP contribution in [-0.4, -0.2) is 43.6 Å². The van der Waals surface area contributed by atoms with E-state index in [1.165, 1.54) is 13.2 Å². The van der Waals surface area contributed by atoms with Crippen LogP contribution in [0.3, 0.4) is 0 Å². The number of benzene rings is 1. The van der Waals surface area contributed by atoms with E-state index in [0.717, 1.165) is 24.2 Å². The Labute approximate surface area is 143 Å². The number of carbonyl (C=O) groups excluding carboxylic acids is 2. The largest absolute Gasteiger partial charge is 0.451 e. The minimum Gasteiger partial charge on any atom is -0.451 e. The van der Waals surface area contributed by atoms with Gasteiger partial charge in [0.1, 0.15) is 10.7 Å². The van der Waals surface area contributed by atoms with Gasteiger partial charge in [-0.2, -0.15) is 0 Å². The van der Waals surface area contributed by atoms with Gasteiger partial charge in [-0.15, -0.1) is 11.3 Å². The number of rotatable bonds is 5. The average molecular weight is 351 g/mol. The van der Waals surface area contributed by atoms with Crippen LogP contribution in [0.4, 0.5) is 4.39 Å². The summed E-state index contributed by atoms with van der Waals surface area (Å²) in [5.41, 5.74) is 0.467. The van der Waals surface area contributed by atoms with Crippen molar-refractivity contribution in [2.75, 3.05) is 26.8 Å². The summed E-state index contributed by atoms with van der Waals surface area (Å²) in [5, 5.41) is 0.377. The summed E-state index contributed by atoms with van der Waals surface area (Å²) < 4.78 is 25.0. The molecule has 5 nitrogen and oxygen atoms in total. The Bertz CT molecular complexity index is 767. The number of nitrogens with zero attached hydrogens (tertiary/aromatic N) is 1. The van der Waals surface area contributed by atoms with Crippen molar-refractivity contribution in [3.63, 3.8) is 0 Å². The molecule has 0 radical (unpaired) electrons. The zero-order valence-corrected chi connectivity index (χ0v) is 14.2. The maximum Gasteiger partial charge on any atom is 0.349 e. The molecular formula is C17H18FNO4S. The summed E-state index contributed by atoms with van der Waals surface area (Å²) in [5.74, 6) is -1.21. The highest BCUT2D eigenvalue weighted by Crippen LogP contribution is 2.34. The molecule has 1 saturated heterocycles.